The second kappa shape index (κ2) is 11.8. The zero-order valence-electron chi connectivity index (χ0n) is 16.7. The van der Waals surface area contributed by atoms with Gasteiger partial charge in [-0.15, -0.1) is 0 Å². The topological polar surface area (TPSA) is 80.2 Å². The quantitative estimate of drug-likeness (QED) is 0.658. The number of aromatic amines is 1. The van der Waals surface area contributed by atoms with Gasteiger partial charge in [-0.05, 0) is 30.0 Å². The molecule has 0 radical (unpaired) electrons. The zero-order chi connectivity index (χ0) is 20.2. The molecule has 6 nitrogen and oxygen atoms in total. The number of aromatic nitrogens is 2. The van der Waals surface area contributed by atoms with Crippen LogP contribution in [0.1, 0.15) is 37.6 Å². The maximum atomic E-state index is 10.8. The minimum Gasteiger partial charge on any atom is -0.388 e. The van der Waals surface area contributed by atoms with Gasteiger partial charge in [0, 0.05) is 18.7 Å². The third kappa shape index (κ3) is 7.04. The third-order valence-corrected chi connectivity index (χ3v) is 4.24. The lowest BCUT2D eigenvalue weighted by molar-refractivity contribution is 0.109. The normalized spacial score (nSPS) is 16.8. The highest BCUT2D eigenvalue weighted by atomic mass is 16.5. The van der Waals surface area contributed by atoms with Crippen LogP contribution in [0.5, 0.6) is 0 Å². The van der Waals surface area contributed by atoms with Crippen molar-refractivity contribution in [1.82, 2.24) is 10.1 Å². The molecule has 0 amide bonds. The van der Waals surface area contributed by atoms with Gasteiger partial charge in [0.2, 0.25) is 0 Å². The SMILES string of the molecule is CC.CNc1ccccc1.O=c1[nH]c(C2CC2COCc2ccccc2)no1. The van der Waals surface area contributed by atoms with Crippen LogP contribution < -0.4 is 11.1 Å². The van der Waals surface area contributed by atoms with Gasteiger partial charge in [-0.2, -0.15) is 0 Å². The van der Waals surface area contributed by atoms with Crippen LogP contribution in [0.3, 0.4) is 0 Å². The molecule has 2 N–H and O–H groups in total. The Balaban J connectivity index is 0.000000236. The summed E-state index contributed by atoms with van der Waals surface area (Å²) in [6.07, 6.45) is 0.997. The number of para-hydroxylation sites is 1. The van der Waals surface area contributed by atoms with Crippen LogP contribution in [0, 0.1) is 5.92 Å². The molecule has 0 saturated heterocycles. The minimum atomic E-state index is -0.485. The second-order valence-corrected chi connectivity index (χ2v) is 6.20. The molecule has 1 saturated carbocycles. The van der Waals surface area contributed by atoms with Gasteiger partial charge in [-0.1, -0.05) is 67.5 Å². The molecule has 2 aromatic carbocycles. The maximum absolute atomic E-state index is 10.8. The molecule has 3 aromatic rings. The van der Waals surface area contributed by atoms with Crippen molar-refractivity contribution in [3.05, 3.63) is 82.6 Å². The van der Waals surface area contributed by atoms with Crippen LogP contribution in [0.2, 0.25) is 0 Å². The Morgan fingerprint density at radius 3 is 2.29 bits per heavy atom. The smallest absolute Gasteiger partial charge is 0.388 e. The first-order chi connectivity index (χ1) is 13.8. The summed E-state index contributed by atoms with van der Waals surface area (Å²) in [6, 6.07) is 20.1. The molecule has 0 aliphatic heterocycles. The Kier molecular flexibility index (Phi) is 9.01. The number of ether oxygens (including phenoxy) is 1. The minimum absolute atomic E-state index is 0.284. The number of hydrogen-bond acceptors (Lipinski definition) is 5. The van der Waals surface area contributed by atoms with E-state index in [0.717, 1.165) is 12.1 Å². The monoisotopic (exact) mass is 383 g/mol. The number of benzene rings is 2. The van der Waals surface area contributed by atoms with Gasteiger partial charge in [0.1, 0.15) is 0 Å². The van der Waals surface area contributed by atoms with E-state index in [9.17, 15) is 4.79 Å². The molecule has 1 fully saturated rings. The first-order valence-electron chi connectivity index (χ1n) is 9.66. The van der Waals surface area contributed by atoms with E-state index in [0.29, 0.717) is 25.0 Å². The molecule has 1 aliphatic carbocycles. The van der Waals surface area contributed by atoms with Crippen LogP contribution in [0.4, 0.5) is 5.69 Å². The third-order valence-electron chi connectivity index (χ3n) is 4.24. The molecule has 1 heterocycles. The lowest BCUT2D eigenvalue weighted by Gasteiger charge is -2.03. The molecule has 2 atom stereocenters. The Hall–Kier alpha value is -2.86. The van der Waals surface area contributed by atoms with Crippen LogP contribution >= 0.6 is 0 Å². The highest BCUT2D eigenvalue weighted by Gasteiger charge is 2.41. The summed E-state index contributed by atoms with van der Waals surface area (Å²) in [5.74, 6) is 0.885. The standard InChI is InChI=1S/C13H14N2O3.C7H9N.C2H6/c16-13-14-12(15-18-13)11-6-10(11)8-17-7-9-4-2-1-3-5-9;1-8-7-5-3-2-4-6-7;1-2/h1-5,10-11H,6-8H2,(H,14,15,16);2-6,8H,1H3;1-2H3. The molecule has 6 heteroatoms. The van der Waals surface area contributed by atoms with Gasteiger partial charge in [-0.3, -0.25) is 9.51 Å². The van der Waals surface area contributed by atoms with Gasteiger partial charge in [0.05, 0.1) is 13.2 Å². The molecule has 0 spiro atoms. The average Bonchev–Trinajstić information content (AvgIpc) is 3.41. The number of H-pyrrole nitrogens is 1. The molecule has 2 unspecified atom stereocenters. The van der Waals surface area contributed by atoms with E-state index in [1.807, 2.05) is 81.6 Å². The fourth-order valence-electron chi connectivity index (χ4n) is 2.68. The summed E-state index contributed by atoms with van der Waals surface area (Å²) in [5, 5.41) is 6.72. The fraction of sp³-hybridized carbons (Fsp3) is 0.364. The van der Waals surface area contributed by atoms with Crippen molar-refractivity contribution in [3.63, 3.8) is 0 Å². The first-order valence-corrected chi connectivity index (χ1v) is 9.66. The predicted molar refractivity (Wildman–Crippen MR) is 111 cm³/mol. The Morgan fingerprint density at radius 2 is 1.75 bits per heavy atom. The number of rotatable bonds is 6. The fourth-order valence-corrected chi connectivity index (χ4v) is 2.68. The van der Waals surface area contributed by atoms with Gasteiger partial charge >= 0.3 is 5.76 Å². The Labute approximate surface area is 165 Å². The highest BCUT2D eigenvalue weighted by Crippen LogP contribution is 2.45. The van der Waals surface area contributed by atoms with E-state index < -0.39 is 5.76 Å². The van der Waals surface area contributed by atoms with Crippen molar-refractivity contribution in [2.45, 2.75) is 32.8 Å². The summed E-state index contributed by atoms with van der Waals surface area (Å²) in [7, 11) is 1.91. The second-order valence-electron chi connectivity index (χ2n) is 6.20. The molecule has 1 aromatic heterocycles. The van der Waals surface area contributed by atoms with E-state index in [-0.39, 0.29) is 5.92 Å². The zero-order valence-corrected chi connectivity index (χ0v) is 16.7. The van der Waals surface area contributed by atoms with Crippen molar-refractivity contribution in [2.24, 2.45) is 5.92 Å². The van der Waals surface area contributed by atoms with E-state index in [4.69, 9.17) is 4.74 Å². The van der Waals surface area contributed by atoms with Crippen LogP contribution in [-0.4, -0.2) is 23.8 Å². The number of nitrogens with zero attached hydrogens (tertiary/aromatic N) is 1. The molecule has 1 aliphatic rings. The number of hydrogen-bond donors (Lipinski definition) is 2. The lowest BCUT2D eigenvalue weighted by Crippen LogP contribution is -2.00. The van der Waals surface area contributed by atoms with Crippen molar-refractivity contribution >= 4 is 5.69 Å². The van der Waals surface area contributed by atoms with Crippen molar-refractivity contribution in [3.8, 4) is 0 Å². The van der Waals surface area contributed by atoms with E-state index in [1.54, 1.807) is 0 Å². The molecule has 0 bridgehead atoms. The van der Waals surface area contributed by atoms with Crippen molar-refractivity contribution in [2.75, 3.05) is 19.0 Å². The van der Waals surface area contributed by atoms with Gasteiger partial charge in [0.15, 0.2) is 5.82 Å². The average molecular weight is 383 g/mol. The number of anilines is 1. The molecular formula is C22H29N3O3. The first kappa shape index (κ1) is 21.4. The summed E-state index contributed by atoms with van der Waals surface area (Å²) >= 11 is 0. The summed E-state index contributed by atoms with van der Waals surface area (Å²) in [5.41, 5.74) is 2.33. The Morgan fingerprint density at radius 1 is 1.11 bits per heavy atom. The van der Waals surface area contributed by atoms with E-state index >= 15 is 0 Å². The van der Waals surface area contributed by atoms with E-state index in [2.05, 4.69) is 20.0 Å². The van der Waals surface area contributed by atoms with Crippen molar-refractivity contribution < 1.29 is 9.26 Å². The Bertz CT molecular complexity index is 831. The van der Waals surface area contributed by atoms with Gasteiger partial charge in [0.25, 0.3) is 0 Å². The molecule has 4 rings (SSSR count). The molecular weight excluding hydrogens is 354 g/mol. The lowest BCUT2D eigenvalue weighted by atomic mass is 10.2. The highest BCUT2D eigenvalue weighted by molar-refractivity contribution is 5.41. The van der Waals surface area contributed by atoms with Crippen LogP contribution in [0.25, 0.3) is 0 Å². The van der Waals surface area contributed by atoms with Crippen LogP contribution in [0.15, 0.2) is 70.0 Å². The van der Waals surface area contributed by atoms with Crippen LogP contribution in [-0.2, 0) is 11.3 Å². The predicted octanol–water partition coefficient (Wildman–Crippen LogP) is 4.44. The van der Waals surface area contributed by atoms with Gasteiger partial charge in [-0.25, -0.2) is 4.79 Å². The molecule has 150 valence electrons. The van der Waals surface area contributed by atoms with Crippen molar-refractivity contribution in [1.29, 1.82) is 0 Å². The maximum Gasteiger partial charge on any atom is 0.438 e. The molecule has 28 heavy (non-hydrogen) atoms. The number of nitrogens with one attached hydrogen (secondary N) is 2. The largest absolute Gasteiger partial charge is 0.438 e. The summed E-state index contributed by atoms with van der Waals surface area (Å²) in [6.45, 7) is 5.31. The van der Waals surface area contributed by atoms with E-state index in [1.165, 1.54) is 5.56 Å². The van der Waals surface area contributed by atoms with Gasteiger partial charge < -0.3 is 10.1 Å². The summed E-state index contributed by atoms with van der Waals surface area (Å²) in [4.78, 5) is 13.4. The summed E-state index contributed by atoms with van der Waals surface area (Å²) < 4.78 is 10.1.